The van der Waals surface area contributed by atoms with Crippen molar-refractivity contribution in [3.63, 3.8) is 0 Å². The number of aromatic nitrogens is 3. The smallest absolute Gasteiger partial charge is 0.274 e. The summed E-state index contributed by atoms with van der Waals surface area (Å²) in [5.74, 6) is -0.882. The maximum absolute atomic E-state index is 13.0. The summed E-state index contributed by atoms with van der Waals surface area (Å²) in [6.45, 7) is 0. The fourth-order valence-electron chi connectivity index (χ4n) is 2.43. The molecule has 2 amide bonds. The summed E-state index contributed by atoms with van der Waals surface area (Å²) >= 11 is 27.5. The van der Waals surface area contributed by atoms with Crippen LogP contribution in [0.5, 0.6) is 0 Å². The third kappa shape index (κ3) is 4.67. The molecule has 0 spiro atoms. The van der Waals surface area contributed by atoms with Crippen molar-refractivity contribution in [1.82, 2.24) is 20.1 Å². The van der Waals surface area contributed by atoms with E-state index in [1.807, 2.05) is 0 Å². The number of nitrogens with one attached hydrogen (secondary N) is 2. The lowest BCUT2D eigenvalue weighted by Crippen LogP contribution is -2.23. The number of hydrogen-bond donors (Lipinski definition) is 2. The van der Waals surface area contributed by atoms with Crippen molar-refractivity contribution in [3.8, 4) is 5.82 Å². The number of amides is 2. The van der Waals surface area contributed by atoms with E-state index >= 15 is 0 Å². The first-order chi connectivity index (χ1) is 13.7. The molecule has 0 saturated heterocycles. The minimum atomic E-state index is -0.606. The summed E-state index contributed by atoms with van der Waals surface area (Å²) < 4.78 is 1.60. The highest BCUT2D eigenvalue weighted by Gasteiger charge is 2.22. The number of nitrogens with zero attached hydrogens (tertiary/aromatic N) is 3. The summed E-state index contributed by atoms with van der Waals surface area (Å²) in [6.07, 6.45) is 1.37. The minimum absolute atomic E-state index is 0.0856. The van der Waals surface area contributed by atoms with Crippen molar-refractivity contribution >= 4 is 79.8 Å². The average Bonchev–Trinajstić information content (AvgIpc) is 3.04. The SMILES string of the molecule is CNC(=O)c1cc(Cl)cc(Cl)c1NC(=O)c1cc(Br)nn1-c1ncc(Cl)cc1Cl. The number of halogens is 5. The van der Waals surface area contributed by atoms with Crippen LogP contribution in [0.2, 0.25) is 20.1 Å². The van der Waals surface area contributed by atoms with Gasteiger partial charge < -0.3 is 10.6 Å². The predicted octanol–water partition coefficient (Wildman–Crippen LogP) is 5.26. The number of hydrogen-bond acceptors (Lipinski definition) is 4. The van der Waals surface area contributed by atoms with E-state index in [0.717, 1.165) is 0 Å². The number of pyridine rings is 1. The fraction of sp³-hybridized carbons (Fsp3) is 0.0588. The monoisotopic (exact) mass is 535 g/mol. The molecule has 0 radical (unpaired) electrons. The standard InChI is InChI=1S/C17H10BrCl4N5O2/c1-23-16(28)9-2-7(19)3-10(21)14(9)25-17(29)12-5-13(18)26-27(12)15-11(22)4-8(20)6-24-15/h2-6H,1H3,(H,23,28)(H,25,29). The van der Waals surface area contributed by atoms with Gasteiger partial charge in [-0.25, -0.2) is 9.67 Å². The molecule has 0 aliphatic carbocycles. The van der Waals surface area contributed by atoms with Crippen LogP contribution in [-0.4, -0.2) is 33.6 Å². The first-order valence-electron chi connectivity index (χ1n) is 7.80. The van der Waals surface area contributed by atoms with E-state index in [1.165, 1.54) is 42.2 Å². The molecule has 2 aromatic heterocycles. The Morgan fingerprint density at radius 3 is 2.34 bits per heavy atom. The summed E-state index contributed by atoms with van der Waals surface area (Å²) in [5.41, 5.74) is 0.285. The van der Waals surface area contributed by atoms with Crippen molar-refractivity contribution in [2.45, 2.75) is 0 Å². The number of carbonyl (C=O) groups is 2. The molecule has 2 N–H and O–H groups in total. The zero-order chi connectivity index (χ0) is 21.3. The third-order valence-corrected chi connectivity index (χ3v) is 5.06. The third-order valence-electron chi connectivity index (χ3n) is 3.67. The highest BCUT2D eigenvalue weighted by atomic mass is 79.9. The normalized spacial score (nSPS) is 10.7. The zero-order valence-corrected chi connectivity index (χ0v) is 19.0. The Hall–Kier alpha value is -1.84. The molecular weight excluding hydrogens is 528 g/mol. The van der Waals surface area contributed by atoms with Gasteiger partial charge in [-0.3, -0.25) is 9.59 Å². The van der Waals surface area contributed by atoms with Gasteiger partial charge in [0.15, 0.2) is 5.82 Å². The lowest BCUT2D eigenvalue weighted by Gasteiger charge is -2.13. The molecule has 7 nitrogen and oxygen atoms in total. The summed E-state index contributed by atoms with van der Waals surface area (Å²) in [4.78, 5) is 29.3. The molecule has 1 aromatic carbocycles. The van der Waals surface area contributed by atoms with Gasteiger partial charge in [0.25, 0.3) is 11.8 Å². The van der Waals surface area contributed by atoms with E-state index in [0.29, 0.717) is 9.63 Å². The van der Waals surface area contributed by atoms with E-state index in [4.69, 9.17) is 46.4 Å². The average molecular weight is 538 g/mol. The van der Waals surface area contributed by atoms with Gasteiger partial charge in [-0.05, 0) is 34.1 Å². The van der Waals surface area contributed by atoms with Crippen molar-refractivity contribution in [1.29, 1.82) is 0 Å². The molecule has 12 heteroatoms. The summed E-state index contributed by atoms with van der Waals surface area (Å²) in [5, 5.41) is 10.2. The molecule has 0 bridgehead atoms. The summed E-state index contributed by atoms with van der Waals surface area (Å²) in [6, 6.07) is 5.75. The largest absolute Gasteiger partial charge is 0.355 e. The first-order valence-corrected chi connectivity index (χ1v) is 10.1. The van der Waals surface area contributed by atoms with Gasteiger partial charge in [-0.15, -0.1) is 0 Å². The molecule has 2 heterocycles. The van der Waals surface area contributed by atoms with Crippen LogP contribution in [0.1, 0.15) is 20.8 Å². The van der Waals surface area contributed by atoms with Crippen LogP contribution in [0.15, 0.2) is 35.1 Å². The molecule has 3 rings (SSSR count). The Morgan fingerprint density at radius 1 is 1.00 bits per heavy atom. The summed E-state index contributed by atoms with van der Waals surface area (Å²) in [7, 11) is 1.45. The molecule has 0 saturated carbocycles. The zero-order valence-electron chi connectivity index (χ0n) is 14.4. The highest BCUT2D eigenvalue weighted by molar-refractivity contribution is 9.10. The lowest BCUT2D eigenvalue weighted by atomic mass is 10.1. The molecule has 0 fully saturated rings. The molecule has 3 aromatic rings. The van der Waals surface area contributed by atoms with Crippen LogP contribution in [0, 0.1) is 0 Å². The Labute approximate surface area is 193 Å². The van der Waals surface area contributed by atoms with E-state index in [9.17, 15) is 9.59 Å². The minimum Gasteiger partial charge on any atom is -0.355 e. The number of benzene rings is 1. The van der Waals surface area contributed by atoms with Crippen LogP contribution in [0.3, 0.4) is 0 Å². The number of carbonyl (C=O) groups excluding carboxylic acids is 2. The molecule has 150 valence electrons. The second-order valence-corrected chi connectivity index (χ2v) is 8.07. The molecule has 0 unspecified atom stereocenters. The van der Waals surface area contributed by atoms with Crippen molar-refractivity contribution in [2.75, 3.05) is 12.4 Å². The van der Waals surface area contributed by atoms with Crippen LogP contribution < -0.4 is 10.6 Å². The quantitative estimate of drug-likeness (QED) is 0.475. The second-order valence-electron chi connectivity index (χ2n) is 5.57. The van der Waals surface area contributed by atoms with Gasteiger partial charge in [0.2, 0.25) is 0 Å². The topological polar surface area (TPSA) is 88.9 Å². The van der Waals surface area contributed by atoms with Crippen LogP contribution in [0.4, 0.5) is 5.69 Å². The van der Waals surface area contributed by atoms with E-state index in [-0.39, 0.29) is 37.8 Å². The molecule has 0 aliphatic heterocycles. The fourth-order valence-corrected chi connectivity index (χ4v) is 3.81. The molecule has 0 atom stereocenters. The Balaban J connectivity index is 2.05. The predicted molar refractivity (Wildman–Crippen MR) is 117 cm³/mol. The number of rotatable bonds is 4. The van der Waals surface area contributed by atoms with Gasteiger partial charge in [0.1, 0.15) is 10.3 Å². The van der Waals surface area contributed by atoms with Gasteiger partial charge in [-0.1, -0.05) is 46.4 Å². The lowest BCUT2D eigenvalue weighted by molar-refractivity contribution is 0.0964. The van der Waals surface area contributed by atoms with Gasteiger partial charge in [-0.2, -0.15) is 5.10 Å². The first kappa shape index (κ1) is 21.9. The molecule has 0 aliphatic rings. The second kappa shape index (κ2) is 8.89. The van der Waals surface area contributed by atoms with Crippen LogP contribution in [-0.2, 0) is 0 Å². The van der Waals surface area contributed by atoms with Gasteiger partial charge >= 0.3 is 0 Å². The van der Waals surface area contributed by atoms with Gasteiger partial charge in [0, 0.05) is 24.3 Å². The Kier molecular flexibility index (Phi) is 6.70. The Bertz CT molecular complexity index is 1140. The van der Waals surface area contributed by atoms with Crippen LogP contribution in [0.25, 0.3) is 5.82 Å². The highest BCUT2D eigenvalue weighted by Crippen LogP contribution is 2.31. The Morgan fingerprint density at radius 2 is 1.69 bits per heavy atom. The van der Waals surface area contributed by atoms with E-state index in [1.54, 1.807) is 0 Å². The van der Waals surface area contributed by atoms with E-state index < -0.39 is 11.8 Å². The van der Waals surface area contributed by atoms with Gasteiger partial charge in [0.05, 0.1) is 26.3 Å². The number of anilines is 1. The van der Waals surface area contributed by atoms with Crippen LogP contribution >= 0.6 is 62.3 Å². The molecular formula is C17H10BrCl4N5O2. The van der Waals surface area contributed by atoms with Crippen molar-refractivity contribution in [2.24, 2.45) is 0 Å². The van der Waals surface area contributed by atoms with Crippen molar-refractivity contribution in [3.05, 3.63) is 66.4 Å². The maximum atomic E-state index is 13.0. The van der Waals surface area contributed by atoms with Crippen molar-refractivity contribution < 1.29 is 9.59 Å². The van der Waals surface area contributed by atoms with E-state index in [2.05, 4.69) is 36.6 Å². The maximum Gasteiger partial charge on any atom is 0.274 e. The molecule has 29 heavy (non-hydrogen) atoms.